The van der Waals surface area contributed by atoms with Crippen LogP contribution in [-0.4, -0.2) is 41.2 Å². The van der Waals surface area contributed by atoms with Crippen LogP contribution in [0.2, 0.25) is 0 Å². The van der Waals surface area contributed by atoms with Crippen LogP contribution in [0.4, 0.5) is 10.8 Å². The highest BCUT2D eigenvalue weighted by Crippen LogP contribution is 2.22. The van der Waals surface area contributed by atoms with Crippen LogP contribution in [0.25, 0.3) is 0 Å². The molecule has 0 spiro atoms. The molecule has 1 aromatic carbocycles. The molecule has 1 aromatic heterocycles. The molecule has 0 amide bonds. The quantitative estimate of drug-likeness (QED) is 0.710. The number of aliphatic hydroxyl groups excluding tert-OH is 1. The summed E-state index contributed by atoms with van der Waals surface area (Å²) < 4.78 is 7.74. The number of ether oxygens (including phenoxy) is 1. The molecule has 2 atom stereocenters. The van der Waals surface area contributed by atoms with Crippen LogP contribution in [0.5, 0.6) is 5.75 Å². The Bertz CT molecular complexity index is 698. The number of aromatic nitrogens is 2. The van der Waals surface area contributed by atoms with Gasteiger partial charge in [0.15, 0.2) is 10.6 Å². The second-order valence-electron chi connectivity index (χ2n) is 5.68. The summed E-state index contributed by atoms with van der Waals surface area (Å²) in [6, 6.07) is 7.69. The Morgan fingerprint density at radius 2 is 2.26 bits per heavy atom. The fourth-order valence-electron chi connectivity index (χ4n) is 2.73. The highest BCUT2D eigenvalue weighted by atomic mass is 32.1. The summed E-state index contributed by atoms with van der Waals surface area (Å²) >= 11 is 6.87. The van der Waals surface area contributed by atoms with E-state index in [0.29, 0.717) is 6.67 Å². The van der Waals surface area contributed by atoms with Crippen molar-refractivity contribution >= 4 is 34.4 Å². The Balaban J connectivity index is 1.66. The number of rotatable bonds is 5. The Morgan fingerprint density at radius 3 is 2.96 bits per heavy atom. The zero-order valence-electron chi connectivity index (χ0n) is 13.0. The Labute approximate surface area is 144 Å². The molecule has 1 saturated heterocycles. The second-order valence-corrected chi connectivity index (χ2v) is 7.31. The molecule has 23 heavy (non-hydrogen) atoms. The van der Waals surface area contributed by atoms with Gasteiger partial charge in [-0.15, -0.1) is 5.10 Å². The summed E-state index contributed by atoms with van der Waals surface area (Å²) in [4.78, 5) is 1.32. The first kappa shape index (κ1) is 16.4. The molecule has 0 saturated carbocycles. The summed E-state index contributed by atoms with van der Waals surface area (Å²) in [7, 11) is 1.65. The highest BCUT2D eigenvalue weighted by molar-refractivity contribution is 7.73. The number of methoxy groups -OCH3 is 1. The van der Waals surface area contributed by atoms with Crippen molar-refractivity contribution < 1.29 is 14.7 Å². The minimum absolute atomic E-state index is 0.205. The lowest BCUT2D eigenvalue weighted by Gasteiger charge is -2.26. The topological polar surface area (TPSA) is 63.8 Å². The summed E-state index contributed by atoms with van der Waals surface area (Å²) in [5.41, 5.74) is 0.947. The van der Waals surface area contributed by atoms with E-state index in [9.17, 15) is 5.11 Å². The van der Waals surface area contributed by atoms with Crippen LogP contribution in [0.3, 0.4) is 0 Å². The van der Waals surface area contributed by atoms with Gasteiger partial charge >= 0.3 is 0 Å². The van der Waals surface area contributed by atoms with Crippen molar-refractivity contribution in [2.45, 2.75) is 25.6 Å². The third kappa shape index (κ3) is 4.29. The van der Waals surface area contributed by atoms with Crippen molar-refractivity contribution in [3.8, 4) is 5.75 Å². The Kier molecular flexibility index (Phi) is 5.27. The van der Waals surface area contributed by atoms with E-state index in [1.807, 2.05) is 28.9 Å². The second kappa shape index (κ2) is 7.39. The largest absolute Gasteiger partial charge is 0.497 e. The van der Waals surface area contributed by atoms with Gasteiger partial charge in [-0.25, -0.2) is 0 Å². The molecule has 8 heteroatoms. The summed E-state index contributed by atoms with van der Waals surface area (Å²) in [6.07, 6.45) is 1.74. The zero-order chi connectivity index (χ0) is 16.2. The predicted molar refractivity (Wildman–Crippen MR) is 93.2 cm³/mol. The lowest BCUT2D eigenvalue weighted by Crippen LogP contribution is -3.13. The molecule has 1 aliphatic rings. The fourth-order valence-corrected chi connectivity index (χ4v) is 3.76. The van der Waals surface area contributed by atoms with Crippen LogP contribution < -0.4 is 15.0 Å². The minimum atomic E-state index is -0.205. The number of likely N-dealkylation sites (tertiary alicyclic amines) is 1. The average molecular weight is 353 g/mol. The maximum absolute atomic E-state index is 9.77. The van der Waals surface area contributed by atoms with E-state index in [1.165, 1.54) is 16.2 Å². The van der Waals surface area contributed by atoms with Gasteiger partial charge in [0, 0.05) is 5.69 Å². The number of nitrogens with zero attached hydrogens (tertiary/aromatic N) is 2. The fraction of sp³-hybridized carbons (Fsp3) is 0.467. The maximum Gasteiger partial charge on any atom is 0.209 e. The van der Waals surface area contributed by atoms with Crippen LogP contribution in [0, 0.1) is 3.95 Å². The molecule has 2 heterocycles. The van der Waals surface area contributed by atoms with Gasteiger partial charge in [0.25, 0.3) is 0 Å². The number of anilines is 2. The highest BCUT2D eigenvalue weighted by Gasteiger charge is 2.21. The molecule has 0 radical (unpaired) electrons. The lowest BCUT2D eigenvalue weighted by atomic mass is 10.1. The van der Waals surface area contributed by atoms with E-state index >= 15 is 0 Å². The van der Waals surface area contributed by atoms with Crippen molar-refractivity contribution in [2.75, 3.05) is 25.5 Å². The molecular weight excluding hydrogens is 332 g/mol. The maximum atomic E-state index is 9.77. The summed E-state index contributed by atoms with van der Waals surface area (Å²) in [6.45, 7) is 2.52. The van der Waals surface area contributed by atoms with Gasteiger partial charge < -0.3 is 20.1 Å². The van der Waals surface area contributed by atoms with Gasteiger partial charge in [0.1, 0.15) is 18.4 Å². The number of quaternary nitrogens is 1. The SMILES string of the molecule is COc1ccc(Nc2nn(C[NH+]3CCC[C@@H](O)C3)c(=S)s2)cc1. The number of nitrogens with one attached hydrogen (secondary N) is 2. The monoisotopic (exact) mass is 353 g/mol. The van der Waals surface area contributed by atoms with E-state index in [1.54, 1.807) is 7.11 Å². The van der Waals surface area contributed by atoms with Gasteiger partial charge in [-0.3, -0.25) is 0 Å². The first-order valence-electron chi connectivity index (χ1n) is 7.64. The van der Waals surface area contributed by atoms with Crippen molar-refractivity contribution in [3.05, 3.63) is 28.2 Å². The van der Waals surface area contributed by atoms with Crippen LogP contribution >= 0.6 is 23.6 Å². The summed E-state index contributed by atoms with van der Waals surface area (Å²) in [5.74, 6) is 0.820. The van der Waals surface area contributed by atoms with Gasteiger partial charge in [-0.2, -0.15) is 4.68 Å². The Morgan fingerprint density at radius 1 is 1.48 bits per heavy atom. The van der Waals surface area contributed by atoms with Crippen molar-refractivity contribution in [3.63, 3.8) is 0 Å². The number of hydrogen-bond donors (Lipinski definition) is 3. The third-order valence-electron chi connectivity index (χ3n) is 3.91. The van der Waals surface area contributed by atoms with E-state index in [2.05, 4.69) is 10.4 Å². The van der Waals surface area contributed by atoms with E-state index < -0.39 is 0 Å². The first-order chi connectivity index (χ1) is 11.1. The number of benzene rings is 1. The van der Waals surface area contributed by atoms with Crippen molar-refractivity contribution in [1.29, 1.82) is 0 Å². The zero-order valence-corrected chi connectivity index (χ0v) is 14.6. The van der Waals surface area contributed by atoms with Crippen LogP contribution in [0.15, 0.2) is 24.3 Å². The van der Waals surface area contributed by atoms with Crippen molar-refractivity contribution in [2.24, 2.45) is 0 Å². The molecule has 1 fully saturated rings. The predicted octanol–water partition coefficient (Wildman–Crippen LogP) is 1.42. The number of piperidine rings is 1. The molecule has 0 aliphatic carbocycles. The molecule has 2 aromatic rings. The van der Waals surface area contributed by atoms with Gasteiger partial charge in [0.05, 0.1) is 13.7 Å². The lowest BCUT2D eigenvalue weighted by molar-refractivity contribution is -0.931. The smallest absolute Gasteiger partial charge is 0.209 e. The molecule has 1 aliphatic heterocycles. The molecule has 3 rings (SSSR count). The van der Waals surface area contributed by atoms with E-state index in [-0.39, 0.29) is 6.10 Å². The van der Waals surface area contributed by atoms with Gasteiger partial charge in [-0.1, -0.05) is 11.3 Å². The summed E-state index contributed by atoms with van der Waals surface area (Å²) in [5, 5.41) is 18.4. The minimum Gasteiger partial charge on any atom is -0.497 e. The molecular formula is C15H21N4O2S2+. The average Bonchev–Trinajstić information content (AvgIpc) is 2.87. The molecule has 3 N–H and O–H groups in total. The standard InChI is InChI=1S/C15H20N4O2S2/c1-21-13-6-4-11(5-7-13)16-14-17-19(15(22)23-14)10-18-8-2-3-12(20)9-18/h4-7,12,20H,2-3,8-10H2,1H3,(H,16,17)/p+1/t12-/m1/s1. The molecule has 124 valence electrons. The normalized spacial score (nSPS) is 21.1. The van der Waals surface area contributed by atoms with E-state index in [4.69, 9.17) is 17.0 Å². The Hall–Kier alpha value is -1.48. The van der Waals surface area contributed by atoms with Gasteiger partial charge in [0.2, 0.25) is 5.13 Å². The molecule has 0 bridgehead atoms. The molecule has 1 unspecified atom stereocenters. The first-order valence-corrected chi connectivity index (χ1v) is 8.87. The van der Waals surface area contributed by atoms with Gasteiger partial charge in [-0.05, 0) is 49.3 Å². The van der Waals surface area contributed by atoms with Crippen LogP contribution in [-0.2, 0) is 6.67 Å². The van der Waals surface area contributed by atoms with E-state index in [0.717, 1.165) is 46.5 Å². The van der Waals surface area contributed by atoms with Crippen molar-refractivity contribution in [1.82, 2.24) is 9.78 Å². The number of aliphatic hydroxyl groups is 1. The van der Waals surface area contributed by atoms with Crippen LogP contribution in [0.1, 0.15) is 12.8 Å². The number of hydrogen-bond acceptors (Lipinski definition) is 6. The third-order valence-corrected chi connectivity index (χ3v) is 5.14. The molecule has 6 nitrogen and oxygen atoms in total.